The van der Waals surface area contributed by atoms with Gasteiger partial charge in [-0.25, -0.2) is 14.5 Å². The highest BCUT2D eigenvalue weighted by Gasteiger charge is 2.22. The Balaban J connectivity index is 0.000000639. The first-order chi connectivity index (χ1) is 20.9. The maximum atomic E-state index is 13.1. The number of carbonyl (C=O) groups is 4. The van der Waals surface area contributed by atoms with Gasteiger partial charge < -0.3 is 15.7 Å². The van der Waals surface area contributed by atoms with E-state index in [-0.39, 0.29) is 6.42 Å². The molecule has 236 valence electrons. The normalized spacial score (nSPS) is 11.8. The number of amides is 4. The summed E-state index contributed by atoms with van der Waals surface area (Å²) in [7, 11) is 1.62. The molecule has 3 N–H and O–H groups in total. The molecule has 44 heavy (non-hydrogen) atoms. The summed E-state index contributed by atoms with van der Waals surface area (Å²) in [5.41, 5.74) is 4.89. The largest absolute Gasteiger partial charge is 0.480 e. The highest BCUT2D eigenvalue weighted by atomic mass is 35.5. The number of carbonyl (C=O) groups excluding carboxylic acids is 3. The van der Waals surface area contributed by atoms with Crippen LogP contribution < -0.4 is 20.4 Å². The molecule has 0 bridgehead atoms. The molecule has 3 rings (SSSR count). The van der Waals surface area contributed by atoms with Crippen molar-refractivity contribution in [1.29, 1.82) is 0 Å². The third-order valence-electron chi connectivity index (χ3n) is 7.19. The van der Waals surface area contributed by atoms with Crippen molar-refractivity contribution in [3.8, 4) is 0 Å². The molecule has 0 saturated carbocycles. The van der Waals surface area contributed by atoms with Gasteiger partial charge in [-0.3, -0.25) is 14.5 Å². The molecule has 3 aromatic rings. The molecule has 0 aliphatic heterocycles. The predicted octanol–water partition coefficient (Wildman–Crippen LogP) is 6.54. The van der Waals surface area contributed by atoms with Gasteiger partial charge >= 0.3 is 12.0 Å². The Bertz CT molecular complexity index is 1400. The minimum atomic E-state index is -1.11. The van der Waals surface area contributed by atoms with Gasteiger partial charge in [0.15, 0.2) is 0 Å². The summed E-state index contributed by atoms with van der Waals surface area (Å²) in [6.07, 6.45) is 2.50. The molecule has 2 unspecified atom stereocenters. The van der Waals surface area contributed by atoms with Gasteiger partial charge in [0.25, 0.3) is 0 Å². The van der Waals surface area contributed by atoms with Gasteiger partial charge in [0.2, 0.25) is 12.8 Å². The lowest BCUT2D eigenvalue weighted by Gasteiger charge is -2.25. The van der Waals surface area contributed by atoms with Crippen LogP contribution in [-0.2, 0) is 27.3 Å². The van der Waals surface area contributed by atoms with Gasteiger partial charge in [0.05, 0.1) is 5.69 Å². The van der Waals surface area contributed by atoms with Gasteiger partial charge in [-0.15, -0.1) is 0 Å². The van der Waals surface area contributed by atoms with Gasteiger partial charge in [0.1, 0.15) is 6.04 Å². The molecule has 0 aromatic heterocycles. The number of carboxylic acid groups (broad SMARTS) is 1. The Morgan fingerprint density at radius 2 is 1.59 bits per heavy atom. The molecule has 0 saturated heterocycles. The number of aliphatic carboxylic acids is 1. The second-order valence-electron chi connectivity index (χ2n) is 10.4. The van der Waals surface area contributed by atoms with Crippen molar-refractivity contribution in [3.05, 3.63) is 93.0 Å². The number of anilines is 2. The van der Waals surface area contributed by atoms with Crippen LogP contribution in [0.3, 0.4) is 0 Å². The Hall–Kier alpha value is -3.92. The third-order valence-corrected chi connectivity index (χ3v) is 8.01. The van der Waals surface area contributed by atoms with Crippen LogP contribution in [0.25, 0.3) is 0 Å². The van der Waals surface area contributed by atoms with Crippen molar-refractivity contribution < 1.29 is 24.3 Å². The molecule has 2 atom stereocenters. The zero-order valence-electron chi connectivity index (χ0n) is 25.6. The van der Waals surface area contributed by atoms with E-state index in [1.165, 1.54) is 4.90 Å². The molecule has 0 heterocycles. The first-order valence-corrected chi connectivity index (χ1v) is 15.0. The average molecular weight is 644 g/mol. The Morgan fingerprint density at radius 1 is 0.977 bits per heavy atom. The van der Waals surface area contributed by atoms with Crippen molar-refractivity contribution in [3.63, 3.8) is 0 Å². The van der Waals surface area contributed by atoms with Gasteiger partial charge in [-0.1, -0.05) is 60.5 Å². The molecule has 4 amide bonds. The van der Waals surface area contributed by atoms with E-state index in [1.54, 1.807) is 31.3 Å². The minimum absolute atomic E-state index is 0.217. The van der Waals surface area contributed by atoms with Crippen LogP contribution in [0.15, 0.2) is 60.7 Å². The number of aryl methyl sites for hydroxylation is 2. The second-order valence-corrected chi connectivity index (χ2v) is 11.2. The molecule has 0 spiro atoms. The van der Waals surface area contributed by atoms with Crippen LogP contribution >= 0.6 is 23.2 Å². The SMILES string of the molecule is CCC(C)NCc1ccc(N(C)C(=O)N(C=O)c2ccc(CCC(NC=O)C(=O)O)cc2)c(C)c1.Cc1c(Cl)cccc1Cl. The first-order valence-electron chi connectivity index (χ1n) is 14.2. The van der Waals surface area contributed by atoms with E-state index in [0.29, 0.717) is 36.7 Å². The quantitative estimate of drug-likeness (QED) is 0.182. The van der Waals surface area contributed by atoms with E-state index in [4.69, 9.17) is 28.3 Å². The van der Waals surface area contributed by atoms with E-state index < -0.39 is 18.0 Å². The number of carboxylic acids is 1. The fraction of sp³-hybridized carbons (Fsp3) is 0.333. The number of rotatable bonds is 13. The average Bonchev–Trinajstić information content (AvgIpc) is 3.01. The summed E-state index contributed by atoms with van der Waals surface area (Å²) < 4.78 is 0. The molecular formula is C33H40Cl2N4O5. The molecule has 0 fully saturated rings. The maximum Gasteiger partial charge on any atom is 0.335 e. The molecule has 11 heteroatoms. The van der Waals surface area contributed by atoms with Crippen molar-refractivity contribution in [2.45, 2.75) is 65.6 Å². The summed E-state index contributed by atoms with van der Waals surface area (Å²) in [5.74, 6) is -1.11. The lowest BCUT2D eigenvalue weighted by atomic mass is 10.0. The van der Waals surface area contributed by atoms with Crippen molar-refractivity contribution in [2.75, 3.05) is 16.8 Å². The number of imide groups is 1. The first kappa shape index (κ1) is 36.3. The van der Waals surface area contributed by atoms with Crippen LogP contribution in [0.5, 0.6) is 0 Å². The number of nitrogens with one attached hydrogen (secondary N) is 2. The van der Waals surface area contributed by atoms with Crippen LogP contribution in [-0.4, -0.2) is 49.1 Å². The summed E-state index contributed by atoms with van der Waals surface area (Å²) >= 11 is 11.5. The highest BCUT2D eigenvalue weighted by molar-refractivity contribution is 6.35. The van der Waals surface area contributed by atoms with Gasteiger partial charge in [-0.05, 0) is 92.6 Å². The van der Waals surface area contributed by atoms with Gasteiger partial charge in [-0.2, -0.15) is 0 Å². The summed E-state index contributed by atoms with van der Waals surface area (Å²) in [6.45, 7) is 8.81. The maximum absolute atomic E-state index is 13.1. The lowest BCUT2D eigenvalue weighted by Crippen LogP contribution is -2.41. The number of nitrogens with zero attached hydrogens (tertiary/aromatic N) is 2. The van der Waals surface area contributed by atoms with E-state index in [2.05, 4.69) is 24.5 Å². The zero-order valence-corrected chi connectivity index (χ0v) is 27.2. The van der Waals surface area contributed by atoms with Crippen molar-refractivity contribution in [2.24, 2.45) is 0 Å². The Morgan fingerprint density at radius 3 is 2.09 bits per heavy atom. The van der Waals surface area contributed by atoms with Crippen molar-refractivity contribution in [1.82, 2.24) is 10.6 Å². The Kier molecular flexibility index (Phi) is 14.9. The van der Waals surface area contributed by atoms with Gasteiger partial charge in [0, 0.05) is 35.4 Å². The monoisotopic (exact) mass is 642 g/mol. The molecule has 0 aliphatic carbocycles. The van der Waals surface area contributed by atoms with Crippen LogP contribution in [0, 0.1) is 13.8 Å². The van der Waals surface area contributed by atoms with Crippen LogP contribution in [0.1, 0.15) is 48.9 Å². The fourth-order valence-electron chi connectivity index (χ4n) is 4.20. The number of benzene rings is 3. The topological polar surface area (TPSA) is 119 Å². The Labute approximate surface area is 269 Å². The van der Waals surface area contributed by atoms with E-state index in [1.807, 2.05) is 50.2 Å². The summed E-state index contributed by atoms with van der Waals surface area (Å²) in [5, 5.41) is 16.3. The lowest BCUT2D eigenvalue weighted by molar-refractivity contribution is -0.140. The predicted molar refractivity (Wildman–Crippen MR) is 177 cm³/mol. The molecule has 0 radical (unpaired) electrons. The zero-order chi connectivity index (χ0) is 32.8. The van der Waals surface area contributed by atoms with Crippen LogP contribution in [0.2, 0.25) is 10.0 Å². The number of hydrogen-bond acceptors (Lipinski definition) is 5. The minimum Gasteiger partial charge on any atom is -0.480 e. The van der Waals surface area contributed by atoms with E-state index >= 15 is 0 Å². The fourth-order valence-corrected chi connectivity index (χ4v) is 4.59. The van der Waals surface area contributed by atoms with E-state index in [9.17, 15) is 19.2 Å². The van der Waals surface area contributed by atoms with Crippen molar-refractivity contribution >= 4 is 59.4 Å². The molecule has 9 nitrogen and oxygen atoms in total. The standard InChI is InChI=1S/C26H34N4O5.C7H6Cl2/c1-5-19(3)27-15-21-9-13-24(18(2)14-21)29(4)26(35)30(17-32)22-10-6-20(7-11-22)8-12-23(25(33)34)28-16-31;1-5-6(8)3-2-4-7(5)9/h6-7,9-11,13-14,16-17,19,23,27H,5,8,12,15H2,1-4H3,(H,28,31)(H,33,34);2-4H,1H3. The second kappa shape index (κ2) is 18.0. The third kappa shape index (κ3) is 10.7. The van der Waals surface area contributed by atoms with Crippen LogP contribution in [0.4, 0.5) is 16.2 Å². The van der Waals surface area contributed by atoms with E-state index in [0.717, 1.165) is 50.2 Å². The smallest absolute Gasteiger partial charge is 0.335 e. The highest BCUT2D eigenvalue weighted by Crippen LogP contribution is 2.24. The number of urea groups is 1. The molecular weight excluding hydrogens is 603 g/mol. The summed E-state index contributed by atoms with van der Waals surface area (Å²) in [4.78, 5) is 49.1. The molecule has 3 aromatic carbocycles. The number of hydrogen-bond donors (Lipinski definition) is 3. The number of halogens is 2. The molecule has 0 aliphatic rings. The summed E-state index contributed by atoms with van der Waals surface area (Å²) in [6, 6.07) is 17.0.